The third-order valence-electron chi connectivity index (χ3n) is 5.47. The fourth-order valence-corrected chi connectivity index (χ4v) is 3.75. The van der Waals surface area contributed by atoms with Crippen molar-refractivity contribution in [3.05, 3.63) is 78.4 Å². The molecule has 0 spiro atoms. The second-order valence-electron chi connectivity index (χ2n) is 7.78. The molecule has 1 aliphatic heterocycles. The van der Waals surface area contributed by atoms with Crippen molar-refractivity contribution in [3.63, 3.8) is 0 Å². The van der Waals surface area contributed by atoms with Gasteiger partial charge in [-0.05, 0) is 60.9 Å². The van der Waals surface area contributed by atoms with Crippen molar-refractivity contribution in [1.82, 2.24) is 0 Å². The van der Waals surface area contributed by atoms with Gasteiger partial charge in [0.05, 0.1) is 18.0 Å². The van der Waals surface area contributed by atoms with E-state index in [1.165, 1.54) is 0 Å². The van der Waals surface area contributed by atoms with Gasteiger partial charge in [-0.1, -0.05) is 30.3 Å². The number of aryl methyl sites for hydroxylation is 1. The van der Waals surface area contributed by atoms with E-state index in [1.807, 2.05) is 79.8 Å². The number of nitrogens with one attached hydrogen (secondary N) is 2. The van der Waals surface area contributed by atoms with Crippen molar-refractivity contribution in [2.24, 2.45) is 0 Å². The van der Waals surface area contributed by atoms with Gasteiger partial charge in [-0.25, -0.2) is 0 Å². The second-order valence-corrected chi connectivity index (χ2v) is 7.78. The summed E-state index contributed by atoms with van der Waals surface area (Å²) in [4.78, 5) is 26.0. The van der Waals surface area contributed by atoms with E-state index in [4.69, 9.17) is 4.74 Å². The Morgan fingerprint density at radius 2 is 1.81 bits per heavy atom. The van der Waals surface area contributed by atoms with E-state index < -0.39 is 0 Å². The SMILES string of the molecule is CN(c1ccccc1)c1ccccc1NC(=O)CCCOc1ccc2c(c1)CCC(=O)N2. The first-order valence-corrected chi connectivity index (χ1v) is 10.8. The van der Waals surface area contributed by atoms with Gasteiger partial charge in [0.25, 0.3) is 0 Å². The Morgan fingerprint density at radius 1 is 1.03 bits per heavy atom. The summed E-state index contributed by atoms with van der Waals surface area (Å²) >= 11 is 0. The first-order valence-electron chi connectivity index (χ1n) is 10.8. The number of hydrogen-bond acceptors (Lipinski definition) is 4. The van der Waals surface area contributed by atoms with E-state index in [0.717, 1.165) is 40.5 Å². The molecule has 3 aromatic rings. The molecule has 2 amide bonds. The number of nitrogens with zero attached hydrogens (tertiary/aromatic N) is 1. The summed E-state index contributed by atoms with van der Waals surface area (Å²) in [5, 5.41) is 5.89. The number of anilines is 4. The lowest BCUT2D eigenvalue weighted by Crippen LogP contribution is -2.19. The first kappa shape index (κ1) is 21.4. The highest BCUT2D eigenvalue weighted by Gasteiger charge is 2.15. The van der Waals surface area contributed by atoms with Crippen LogP contribution < -0.4 is 20.3 Å². The molecule has 1 heterocycles. The summed E-state index contributed by atoms with van der Waals surface area (Å²) in [6, 6.07) is 23.5. The number of amides is 2. The van der Waals surface area contributed by atoms with Crippen LogP contribution in [0.15, 0.2) is 72.8 Å². The lowest BCUT2D eigenvalue weighted by molar-refractivity contribution is -0.117. The molecule has 0 aliphatic carbocycles. The number of carbonyl (C=O) groups excluding carboxylic acids is 2. The summed E-state index contributed by atoms with van der Waals surface area (Å²) < 4.78 is 5.82. The summed E-state index contributed by atoms with van der Waals surface area (Å²) in [5.74, 6) is 0.763. The normalized spacial score (nSPS) is 12.5. The molecule has 32 heavy (non-hydrogen) atoms. The Hall–Kier alpha value is -3.80. The molecular weight excluding hydrogens is 402 g/mol. The molecule has 0 fully saturated rings. The maximum Gasteiger partial charge on any atom is 0.224 e. The molecule has 0 saturated carbocycles. The fourth-order valence-electron chi connectivity index (χ4n) is 3.75. The van der Waals surface area contributed by atoms with E-state index in [-0.39, 0.29) is 11.8 Å². The Labute approximate surface area is 188 Å². The number of hydrogen-bond donors (Lipinski definition) is 2. The standard InChI is InChI=1S/C26H27N3O3/c1-29(20-8-3-2-4-9-20)24-11-6-5-10-23(24)28-25(30)12-7-17-32-21-14-15-22-19(18-21)13-16-26(31)27-22/h2-6,8-11,14-15,18H,7,12-13,16-17H2,1H3,(H,27,31)(H,28,30). The number of benzene rings is 3. The van der Waals surface area contributed by atoms with Crippen LogP contribution in [0.4, 0.5) is 22.7 Å². The summed E-state index contributed by atoms with van der Waals surface area (Å²) in [6.07, 6.45) is 2.19. The smallest absolute Gasteiger partial charge is 0.224 e. The van der Waals surface area contributed by atoms with Crippen molar-refractivity contribution in [2.45, 2.75) is 25.7 Å². The third kappa shape index (κ3) is 5.27. The Balaban J connectivity index is 1.28. The molecule has 0 atom stereocenters. The molecule has 4 rings (SSSR count). The molecule has 1 aliphatic rings. The van der Waals surface area contributed by atoms with Gasteiger partial charge in [-0.3, -0.25) is 9.59 Å². The summed E-state index contributed by atoms with van der Waals surface area (Å²) in [7, 11) is 1.98. The fraction of sp³-hybridized carbons (Fsp3) is 0.231. The largest absolute Gasteiger partial charge is 0.494 e. The second kappa shape index (κ2) is 10.0. The predicted molar refractivity (Wildman–Crippen MR) is 128 cm³/mol. The van der Waals surface area contributed by atoms with Crippen molar-refractivity contribution < 1.29 is 14.3 Å². The highest BCUT2D eigenvalue weighted by Crippen LogP contribution is 2.30. The van der Waals surface area contributed by atoms with Gasteiger partial charge in [-0.15, -0.1) is 0 Å². The van der Waals surface area contributed by atoms with Gasteiger partial charge in [0.1, 0.15) is 5.75 Å². The average Bonchev–Trinajstić information content (AvgIpc) is 2.82. The van der Waals surface area contributed by atoms with E-state index in [2.05, 4.69) is 15.5 Å². The molecule has 3 aromatic carbocycles. The van der Waals surface area contributed by atoms with Crippen LogP contribution in [0.1, 0.15) is 24.8 Å². The monoisotopic (exact) mass is 429 g/mol. The quantitative estimate of drug-likeness (QED) is 0.487. The number of rotatable bonds is 8. The number of fused-ring (bicyclic) bond motifs is 1. The molecule has 2 N–H and O–H groups in total. The van der Waals surface area contributed by atoms with Crippen LogP contribution in [-0.4, -0.2) is 25.5 Å². The van der Waals surface area contributed by atoms with Crippen molar-refractivity contribution >= 4 is 34.6 Å². The van der Waals surface area contributed by atoms with Crippen molar-refractivity contribution in [3.8, 4) is 5.75 Å². The minimum Gasteiger partial charge on any atom is -0.494 e. The average molecular weight is 430 g/mol. The van der Waals surface area contributed by atoms with Crippen LogP contribution >= 0.6 is 0 Å². The summed E-state index contributed by atoms with van der Waals surface area (Å²) in [5.41, 5.74) is 4.70. The number of ether oxygens (including phenoxy) is 1. The van der Waals surface area contributed by atoms with Crippen LogP contribution in [0.3, 0.4) is 0 Å². The lowest BCUT2D eigenvalue weighted by Gasteiger charge is -2.22. The molecular formula is C26H27N3O3. The first-order chi connectivity index (χ1) is 15.6. The van der Waals surface area contributed by atoms with Crippen molar-refractivity contribution in [2.75, 3.05) is 29.2 Å². The van der Waals surface area contributed by atoms with Crippen LogP contribution in [0.25, 0.3) is 0 Å². The molecule has 0 aromatic heterocycles. The topological polar surface area (TPSA) is 70.7 Å². The molecule has 0 unspecified atom stereocenters. The highest BCUT2D eigenvalue weighted by atomic mass is 16.5. The van der Waals surface area contributed by atoms with Crippen LogP contribution in [0.2, 0.25) is 0 Å². The Morgan fingerprint density at radius 3 is 2.66 bits per heavy atom. The summed E-state index contributed by atoms with van der Waals surface area (Å²) in [6.45, 7) is 0.449. The maximum atomic E-state index is 12.5. The molecule has 6 heteroatoms. The predicted octanol–water partition coefficient (Wildman–Crippen LogP) is 5.14. The zero-order valence-electron chi connectivity index (χ0n) is 18.1. The van der Waals surface area contributed by atoms with E-state index >= 15 is 0 Å². The minimum atomic E-state index is -0.0457. The number of carbonyl (C=O) groups is 2. The zero-order valence-corrected chi connectivity index (χ0v) is 18.1. The van der Waals surface area contributed by atoms with Gasteiger partial charge < -0.3 is 20.3 Å². The van der Waals surface area contributed by atoms with Gasteiger partial charge in [0.15, 0.2) is 0 Å². The maximum absolute atomic E-state index is 12.5. The highest BCUT2D eigenvalue weighted by molar-refractivity contribution is 5.95. The van der Waals surface area contributed by atoms with Gasteiger partial charge in [0.2, 0.25) is 11.8 Å². The minimum absolute atomic E-state index is 0.0457. The molecule has 0 bridgehead atoms. The zero-order chi connectivity index (χ0) is 22.3. The number of para-hydroxylation sites is 3. The third-order valence-corrected chi connectivity index (χ3v) is 5.47. The van der Waals surface area contributed by atoms with Gasteiger partial charge in [-0.2, -0.15) is 0 Å². The van der Waals surface area contributed by atoms with Gasteiger partial charge >= 0.3 is 0 Å². The molecule has 6 nitrogen and oxygen atoms in total. The van der Waals surface area contributed by atoms with Crippen LogP contribution in [-0.2, 0) is 16.0 Å². The van der Waals surface area contributed by atoms with E-state index in [9.17, 15) is 9.59 Å². The van der Waals surface area contributed by atoms with Crippen LogP contribution in [0.5, 0.6) is 5.75 Å². The molecule has 0 saturated heterocycles. The van der Waals surface area contributed by atoms with Crippen LogP contribution in [0, 0.1) is 0 Å². The van der Waals surface area contributed by atoms with Gasteiger partial charge in [0, 0.05) is 31.3 Å². The van der Waals surface area contributed by atoms with E-state index in [1.54, 1.807) is 0 Å². The molecule has 164 valence electrons. The lowest BCUT2D eigenvalue weighted by atomic mass is 10.0. The van der Waals surface area contributed by atoms with Crippen molar-refractivity contribution in [1.29, 1.82) is 0 Å². The molecule has 0 radical (unpaired) electrons. The van der Waals surface area contributed by atoms with E-state index in [0.29, 0.717) is 25.9 Å². The Kier molecular flexibility index (Phi) is 6.70. The Bertz CT molecular complexity index is 1100.